The van der Waals surface area contributed by atoms with Gasteiger partial charge in [-0.15, -0.1) is 0 Å². The SMILES string of the molecule is CCCCc1ccc(N2C(=O)/C(=C\c3ccc(OC(C)C(=O)O)c(OCC)c3)SC2=S)cc1. The van der Waals surface area contributed by atoms with Gasteiger partial charge in [0.25, 0.3) is 5.91 Å². The minimum absolute atomic E-state index is 0.177. The van der Waals surface area contributed by atoms with E-state index in [1.54, 1.807) is 29.2 Å². The molecule has 2 aromatic carbocycles. The molecule has 0 saturated carbocycles. The lowest BCUT2D eigenvalue weighted by Crippen LogP contribution is -2.27. The van der Waals surface area contributed by atoms with Crippen molar-refractivity contribution in [3.05, 3.63) is 58.5 Å². The molecule has 1 N–H and O–H groups in total. The Balaban J connectivity index is 1.82. The molecule has 1 aliphatic rings. The number of aliphatic carboxylic acids is 1. The van der Waals surface area contributed by atoms with E-state index in [4.69, 9.17) is 26.8 Å². The molecule has 8 heteroatoms. The first-order chi connectivity index (χ1) is 15.8. The first kappa shape index (κ1) is 24.8. The van der Waals surface area contributed by atoms with Crippen LogP contribution in [0.15, 0.2) is 47.4 Å². The molecule has 1 unspecified atom stereocenters. The Morgan fingerprint density at radius 3 is 2.55 bits per heavy atom. The number of hydrogen-bond acceptors (Lipinski definition) is 6. The van der Waals surface area contributed by atoms with Gasteiger partial charge >= 0.3 is 5.97 Å². The summed E-state index contributed by atoms with van der Waals surface area (Å²) in [6.07, 6.45) is 4.02. The van der Waals surface area contributed by atoms with Gasteiger partial charge in [-0.05, 0) is 68.2 Å². The van der Waals surface area contributed by atoms with Crippen molar-refractivity contribution in [3.63, 3.8) is 0 Å². The van der Waals surface area contributed by atoms with E-state index < -0.39 is 12.1 Å². The van der Waals surface area contributed by atoms with E-state index in [9.17, 15) is 9.59 Å². The van der Waals surface area contributed by atoms with E-state index in [1.807, 2.05) is 31.2 Å². The third-order valence-corrected chi connectivity index (χ3v) is 6.33. The Hall–Kier alpha value is -2.84. The lowest BCUT2D eigenvalue weighted by Gasteiger charge is -2.15. The first-order valence-electron chi connectivity index (χ1n) is 10.9. The molecule has 174 valence electrons. The number of carboxylic acids is 1. The van der Waals surface area contributed by atoms with Gasteiger partial charge in [-0.3, -0.25) is 9.69 Å². The van der Waals surface area contributed by atoms with Crippen molar-refractivity contribution in [1.29, 1.82) is 0 Å². The van der Waals surface area contributed by atoms with Gasteiger partial charge in [0.15, 0.2) is 21.9 Å². The van der Waals surface area contributed by atoms with Crippen LogP contribution in [0.2, 0.25) is 0 Å². The second-order valence-corrected chi connectivity index (χ2v) is 9.20. The number of unbranched alkanes of at least 4 members (excludes halogenated alkanes) is 1. The predicted octanol–water partition coefficient (Wildman–Crippen LogP) is 5.69. The molecular formula is C25H27NO5S2. The number of amides is 1. The fourth-order valence-electron chi connectivity index (χ4n) is 3.26. The summed E-state index contributed by atoms with van der Waals surface area (Å²) in [7, 11) is 0. The molecule has 2 aromatic rings. The van der Waals surface area contributed by atoms with Crippen molar-refractivity contribution in [2.45, 2.75) is 46.1 Å². The normalized spacial score (nSPS) is 15.7. The smallest absolute Gasteiger partial charge is 0.344 e. The largest absolute Gasteiger partial charge is 0.490 e. The molecule has 0 aliphatic carbocycles. The van der Waals surface area contributed by atoms with Crippen LogP contribution in [0.4, 0.5) is 5.69 Å². The monoisotopic (exact) mass is 485 g/mol. The Bertz CT molecular complexity index is 1060. The number of carbonyl (C=O) groups is 2. The molecule has 0 aromatic heterocycles. The summed E-state index contributed by atoms with van der Waals surface area (Å²) in [5.41, 5.74) is 2.72. The molecule has 1 aliphatic heterocycles. The van der Waals surface area contributed by atoms with Gasteiger partial charge in [0, 0.05) is 0 Å². The number of thioether (sulfide) groups is 1. The maximum absolute atomic E-state index is 13.1. The van der Waals surface area contributed by atoms with Gasteiger partial charge in [0.1, 0.15) is 0 Å². The second-order valence-electron chi connectivity index (χ2n) is 7.52. The molecule has 1 saturated heterocycles. The number of ether oxygens (including phenoxy) is 2. The maximum atomic E-state index is 13.1. The van der Waals surface area contributed by atoms with Crippen molar-refractivity contribution >= 4 is 51.9 Å². The summed E-state index contributed by atoms with van der Waals surface area (Å²) in [5.74, 6) is -0.496. The minimum Gasteiger partial charge on any atom is -0.490 e. The van der Waals surface area contributed by atoms with Crippen LogP contribution in [0.1, 0.15) is 44.7 Å². The quantitative estimate of drug-likeness (QED) is 0.342. The number of benzene rings is 2. The van der Waals surface area contributed by atoms with Crippen LogP contribution in [0.25, 0.3) is 6.08 Å². The Labute approximate surface area is 203 Å². The van der Waals surface area contributed by atoms with Crippen LogP contribution in [0.3, 0.4) is 0 Å². The lowest BCUT2D eigenvalue weighted by molar-refractivity contribution is -0.144. The molecular weight excluding hydrogens is 458 g/mol. The molecule has 1 atom stereocenters. The van der Waals surface area contributed by atoms with Crippen molar-refractivity contribution < 1.29 is 24.2 Å². The fourth-order valence-corrected chi connectivity index (χ4v) is 4.55. The average Bonchev–Trinajstić information content (AvgIpc) is 3.07. The molecule has 0 bridgehead atoms. The van der Waals surface area contributed by atoms with E-state index in [0.29, 0.717) is 27.3 Å². The molecule has 6 nitrogen and oxygen atoms in total. The number of anilines is 1. The van der Waals surface area contributed by atoms with Crippen LogP contribution in [0.5, 0.6) is 11.5 Å². The van der Waals surface area contributed by atoms with E-state index in [0.717, 1.165) is 30.5 Å². The molecule has 0 spiro atoms. The molecule has 33 heavy (non-hydrogen) atoms. The zero-order valence-electron chi connectivity index (χ0n) is 18.9. The molecule has 1 amide bonds. The van der Waals surface area contributed by atoms with Crippen LogP contribution < -0.4 is 14.4 Å². The second kappa shape index (κ2) is 11.3. The standard InChI is InChI=1S/C25H27NO5S2/c1-4-6-7-17-8-11-19(12-9-17)26-23(27)22(33-25(26)32)15-18-10-13-20(21(14-18)30-5-2)31-16(3)24(28)29/h8-16H,4-7H2,1-3H3,(H,28,29)/b22-15+. The molecule has 0 radical (unpaired) electrons. The number of aryl methyl sites for hydroxylation is 1. The first-order valence-corrected chi connectivity index (χ1v) is 12.1. The molecule has 3 rings (SSSR count). The van der Waals surface area contributed by atoms with E-state index >= 15 is 0 Å². The molecule has 1 heterocycles. The van der Waals surface area contributed by atoms with Crippen LogP contribution in [0, 0.1) is 0 Å². The summed E-state index contributed by atoms with van der Waals surface area (Å²) < 4.78 is 11.6. The van der Waals surface area contributed by atoms with Crippen LogP contribution >= 0.6 is 24.0 Å². The van der Waals surface area contributed by atoms with Gasteiger partial charge in [-0.2, -0.15) is 0 Å². The summed E-state index contributed by atoms with van der Waals surface area (Å²) in [4.78, 5) is 26.3. The van der Waals surface area contributed by atoms with E-state index in [1.165, 1.54) is 24.2 Å². The van der Waals surface area contributed by atoms with Crippen LogP contribution in [-0.2, 0) is 16.0 Å². The van der Waals surface area contributed by atoms with Gasteiger partial charge in [0.2, 0.25) is 0 Å². The number of carbonyl (C=O) groups excluding carboxylic acids is 1. The maximum Gasteiger partial charge on any atom is 0.344 e. The van der Waals surface area contributed by atoms with Crippen LogP contribution in [-0.4, -0.2) is 34.0 Å². The van der Waals surface area contributed by atoms with E-state index in [-0.39, 0.29) is 5.91 Å². The van der Waals surface area contributed by atoms with Gasteiger partial charge in [0.05, 0.1) is 17.2 Å². The predicted molar refractivity (Wildman–Crippen MR) is 136 cm³/mol. The highest BCUT2D eigenvalue weighted by molar-refractivity contribution is 8.27. The summed E-state index contributed by atoms with van der Waals surface area (Å²) >= 11 is 6.73. The van der Waals surface area contributed by atoms with Gasteiger partial charge in [-0.25, -0.2) is 4.79 Å². The van der Waals surface area contributed by atoms with Gasteiger partial charge < -0.3 is 14.6 Å². The van der Waals surface area contributed by atoms with Crippen molar-refractivity contribution in [3.8, 4) is 11.5 Å². The Kier molecular flexibility index (Phi) is 8.52. The highest BCUT2D eigenvalue weighted by Crippen LogP contribution is 2.37. The van der Waals surface area contributed by atoms with Gasteiger partial charge in [-0.1, -0.05) is 55.5 Å². The number of carboxylic acid groups (broad SMARTS) is 1. The molecule has 1 fully saturated rings. The Morgan fingerprint density at radius 1 is 1.18 bits per heavy atom. The Morgan fingerprint density at radius 2 is 1.91 bits per heavy atom. The zero-order chi connectivity index (χ0) is 24.0. The third-order valence-electron chi connectivity index (χ3n) is 5.02. The third kappa shape index (κ3) is 6.15. The lowest BCUT2D eigenvalue weighted by atomic mass is 10.1. The van der Waals surface area contributed by atoms with E-state index in [2.05, 4.69) is 6.92 Å². The topological polar surface area (TPSA) is 76.1 Å². The number of thiocarbonyl (C=S) groups is 1. The highest BCUT2D eigenvalue weighted by Gasteiger charge is 2.33. The number of rotatable bonds is 10. The van der Waals surface area contributed by atoms with Crippen molar-refractivity contribution in [2.24, 2.45) is 0 Å². The highest BCUT2D eigenvalue weighted by atomic mass is 32.2. The zero-order valence-corrected chi connectivity index (χ0v) is 20.5. The number of nitrogens with zero attached hydrogens (tertiary/aromatic N) is 1. The summed E-state index contributed by atoms with van der Waals surface area (Å²) in [6, 6.07) is 13.1. The van der Waals surface area contributed by atoms with Crippen molar-refractivity contribution in [1.82, 2.24) is 0 Å². The fraction of sp³-hybridized carbons (Fsp3) is 0.320. The average molecular weight is 486 g/mol. The summed E-state index contributed by atoms with van der Waals surface area (Å²) in [6.45, 7) is 5.83. The summed E-state index contributed by atoms with van der Waals surface area (Å²) in [5, 5.41) is 9.10. The number of hydrogen-bond donors (Lipinski definition) is 1. The van der Waals surface area contributed by atoms with Crippen molar-refractivity contribution in [2.75, 3.05) is 11.5 Å². The minimum atomic E-state index is -1.07.